The van der Waals surface area contributed by atoms with Crippen molar-refractivity contribution >= 4 is 11.8 Å². The Bertz CT molecular complexity index is 282. The van der Waals surface area contributed by atoms with Gasteiger partial charge in [-0.3, -0.25) is 9.59 Å². The van der Waals surface area contributed by atoms with E-state index < -0.39 is 5.41 Å². The van der Waals surface area contributed by atoms with Crippen molar-refractivity contribution in [2.24, 2.45) is 5.41 Å². The van der Waals surface area contributed by atoms with Gasteiger partial charge in [0.15, 0.2) is 0 Å². The van der Waals surface area contributed by atoms with Gasteiger partial charge in [-0.2, -0.15) is 0 Å². The maximum atomic E-state index is 12.5. The quantitative estimate of drug-likeness (QED) is 0.517. The summed E-state index contributed by atoms with van der Waals surface area (Å²) in [6.07, 6.45) is 3.81. The number of rotatable bonds is 9. The molecule has 0 saturated carbocycles. The third-order valence-electron chi connectivity index (χ3n) is 3.19. The molecule has 4 nitrogen and oxygen atoms in total. The van der Waals surface area contributed by atoms with Crippen molar-refractivity contribution in [3.8, 4) is 0 Å². The zero-order valence-electron chi connectivity index (χ0n) is 13.2. The van der Waals surface area contributed by atoms with E-state index in [1.165, 1.54) is 0 Å². The van der Waals surface area contributed by atoms with Crippen LogP contribution in [0.4, 0.5) is 0 Å². The molecule has 0 aliphatic rings. The van der Waals surface area contributed by atoms with Gasteiger partial charge < -0.3 is 10.2 Å². The number of hydrogen-bond acceptors (Lipinski definition) is 2. The summed E-state index contributed by atoms with van der Waals surface area (Å²) < 4.78 is 0. The lowest BCUT2D eigenvalue weighted by Crippen LogP contribution is -2.50. The number of carbonyl (C=O) groups excluding carboxylic acids is 2. The lowest BCUT2D eigenvalue weighted by molar-refractivity contribution is -0.148. The average molecular weight is 270 g/mol. The Hall–Kier alpha value is -1.06. The van der Waals surface area contributed by atoms with Gasteiger partial charge in [0.2, 0.25) is 11.8 Å². The number of nitrogens with zero attached hydrogens (tertiary/aromatic N) is 1. The zero-order chi connectivity index (χ0) is 14.9. The van der Waals surface area contributed by atoms with E-state index in [1.807, 2.05) is 13.8 Å². The van der Waals surface area contributed by atoms with E-state index in [0.29, 0.717) is 6.54 Å². The minimum absolute atomic E-state index is 0.0646. The smallest absolute Gasteiger partial charge is 0.237 e. The predicted molar refractivity (Wildman–Crippen MR) is 78.9 cm³/mol. The SMILES string of the molecule is CCCCNC(=O)C(C)(C)C(=O)N(CCC)CCC. The van der Waals surface area contributed by atoms with Crippen LogP contribution in [0, 0.1) is 5.41 Å². The van der Waals surface area contributed by atoms with E-state index in [2.05, 4.69) is 12.2 Å². The van der Waals surface area contributed by atoms with Crippen LogP contribution in [0.3, 0.4) is 0 Å². The average Bonchev–Trinajstić information content (AvgIpc) is 2.37. The lowest BCUT2D eigenvalue weighted by Gasteiger charge is -2.30. The Morgan fingerprint density at radius 1 is 1.00 bits per heavy atom. The topological polar surface area (TPSA) is 49.4 Å². The highest BCUT2D eigenvalue weighted by Gasteiger charge is 2.38. The molecule has 0 aromatic heterocycles. The minimum Gasteiger partial charge on any atom is -0.355 e. The first kappa shape index (κ1) is 17.9. The summed E-state index contributed by atoms with van der Waals surface area (Å²) in [5.41, 5.74) is -0.974. The Kier molecular flexibility index (Phi) is 8.44. The Morgan fingerprint density at radius 3 is 1.95 bits per heavy atom. The van der Waals surface area contributed by atoms with E-state index in [0.717, 1.165) is 38.8 Å². The molecule has 2 amide bonds. The summed E-state index contributed by atoms with van der Waals surface area (Å²) in [4.78, 5) is 26.4. The van der Waals surface area contributed by atoms with E-state index in [9.17, 15) is 9.59 Å². The maximum absolute atomic E-state index is 12.5. The Balaban J connectivity index is 4.65. The number of amides is 2. The second kappa shape index (κ2) is 8.94. The van der Waals surface area contributed by atoms with Gasteiger partial charge in [0.05, 0.1) is 0 Å². The number of hydrogen-bond donors (Lipinski definition) is 1. The maximum Gasteiger partial charge on any atom is 0.237 e. The van der Waals surface area contributed by atoms with Crippen molar-refractivity contribution in [1.29, 1.82) is 0 Å². The second-order valence-corrected chi connectivity index (χ2v) is 5.53. The Morgan fingerprint density at radius 2 is 1.53 bits per heavy atom. The number of unbranched alkanes of at least 4 members (excludes halogenated alkanes) is 1. The van der Waals surface area contributed by atoms with E-state index >= 15 is 0 Å². The molecule has 0 aliphatic carbocycles. The first-order valence-corrected chi connectivity index (χ1v) is 7.49. The van der Waals surface area contributed by atoms with Crippen LogP contribution in [0.5, 0.6) is 0 Å². The van der Waals surface area contributed by atoms with Crippen LogP contribution < -0.4 is 5.32 Å². The molecule has 19 heavy (non-hydrogen) atoms. The van der Waals surface area contributed by atoms with E-state index in [1.54, 1.807) is 18.7 Å². The monoisotopic (exact) mass is 270 g/mol. The van der Waals surface area contributed by atoms with Gasteiger partial charge in [-0.15, -0.1) is 0 Å². The first-order chi connectivity index (χ1) is 8.91. The lowest BCUT2D eigenvalue weighted by atomic mass is 9.90. The Labute approximate surface area is 117 Å². The van der Waals surface area contributed by atoms with Gasteiger partial charge in [0.25, 0.3) is 0 Å². The number of carbonyl (C=O) groups is 2. The molecule has 0 saturated heterocycles. The molecule has 0 heterocycles. The van der Waals surface area contributed by atoms with Crippen molar-refractivity contribution in [3.05, 3.63) is 0 Å². The molecule has 0 radical (unpaired) electrons. The van der Waals surface area contributed by atoms with Crippen LogP contribution in [0.25, 0.3) is 0 Å². The third-order valence-corrected chi connectivity index (χ3v) is 3.19. The zero-order valence-corrected chi connectivity index (χ0v) is 13.2. The molecule has 4 heteroatoms. The van der Waals surface area contributed by atoms with E-state index in [4.69, 9.17) is 0 Å². The standard InChI is InChI=1S/C15H30N2O2/c1-6-9-10-16-13(18)15(4,5)14(19)17(11-7-2)12-8-3/h6-12H2,1-5H3,(H,16,18). The number of nitrogens with one attached hydrogen (secondary N) is 1. The fraction of sp³-hybridized carbons (Fsp3) is 0.867. The highest BCUT2D eigenvalue weighted by Crippen LogP contribution is 2.20. The summed E-state index contributed by atoms with van der Waals surface area (Å²) in [5.74, 6) is -0.228. The van der Waals surface area contributed by atoms with Gasteiger partial charge >= 0.3 is 0 Å². The molecule has 1 N–H and O–H groups in total. The molecule has 112 valence electrons. The largest absolute Gasteiger partial charge is 0.355 e. The summed E-state index contributed by atoms with van der Waals surface area (Å²) in [6, 6.07) is 0. The van der Waals surface area contributed by atoms with Gasteiger partial charge in [0, 0.05) is 19.6 Å². The van der Waals surface area contributed by atoms with Gasteiger partial charge in [-0.1, -0.05) is 27.2 Å². The van der Waals surface area contributed by atoms with Gasteiger partial charge in [-0.25, -0.2) is 0 Å². The van der Waals surface area contributed by atoms with Gasteiger partial charge in [-0.05, 0) is 33.1 Å². The summed E-state index contributed by atoms with van der Waals surface area (Å²) in [7, 11) is 0. The molecule has 0 aliphatic heterocycles. The molecule has 0 aromatic carbocycles. The molecule has 0 fully saturated rings. The van der Waals surface area contributed by atoms with Crippen LogP contribution in [0.2, 0.25) is 0 Å². The molecule has 0 spiro atoms. The summed E-state index contributed by atoms with van der Waals surface area (Å²) in [6.45, 7) is 11.7. The van der Waals surface area contributed by atoms with Crippen molar-refractivity contribution < 1.29 is 9.59 Å². The van der Waals surface area contributed by atoms with Crippen molar-refractivity contribution in [2.45, 2.75) is 60.3 Å². The molecule has 0 unspecified atom stereocenters. The molecule has 0 aromatic rings. The molecule has 0 rings (SSSR count). The minimum atomic E-state index is -0.974. The highest BCUT2D eigenvalue weighted by molar-refractivity contribution is 6.04. The van der Waals surface area contributed by atoms with Crippen LogP contribution >= 0.6 is 0 Å². The van der Waals surface area contributed by atoms with Gasteiger partial charge in [0.1, 0.15) is 5.41 Å². The van der Waals surface area contributed by atoms with Crippen LogP contribution in [0.1, 0.15) is 60.3 Å². The van der Waals surface area contributed by atoms with Crippen molar-refractivity contribution in [1.82, 2.24) is 10.2 Å². The van der Waals surface area contributed by atoms with Crippen LogP contribution in [-0.4, -0.2) is 36.3 Å². The molecular weight excluding hydrogens is 240 g/mol. The first-order valence-electron chi connectivity index (χ1n) is 7.49. The molecule has 0 bridgehead atoms. The van der Waals surface area contributed by atoms with Crippen LogP contribution in [-0.2, 0) is 9.59 Å². The van der Waals surface area contributed by atoms with Crippen molar-refractivity contribution in [3.63, 3.8) is 0 Å². The fourth-order valence-electron chi connectivity index (χ4n) is 1.95. The predicted octanol–water partition coefficient (Wildman–Crippen LogP) is 2.58. The normalized spacial score (nSPS) is 11.2. The summed E-state index contributed by atoms with van der Waals surface area (Å²) >= 11 is 0. The third kappa shape index (κ3) is 5.62. The van der Waals surface area contributed by atoms with Crippen LogP contribution in [0.15, 0.2) is 0 Å². The summed E-state index contributed by atoms with van der Waals surface area (Å²) in [5, 5.41) is 2.86. The molecule has 0 atom stereocenters. The fourth-order valence-corrected chi connectivity index (χ4v) is 1.95. The molecular formula is C15H30N2O2. The van der Waals surface area contributed by atoms with Crippen molar-refractivity contribution in [2.75, 3.05) is 19.6 Å². The van der Waals surface area contributed by atoms with E-state index in [-0.39, 0.29) is 11.8 Å². The highest BCUT2D eigenvalue weighted by atomic mass is 16.2. The second-order valence-electron chi connectivity index (χ2n) is 5.53.